The molecule has 208 valence electrons. The number of benzene rings is 3. The number of carboxylic acid groups (broad SMARTS) is 1. The Morgan fingerprint density at radius 2 is 1.93 bits per heavy atom. The zero-order valence-corrected chi connectivity index (χ0v) is 22.9. The first-order chi connectivity index (χ1) is 19.3. The molecule has 1 aliphatic carbocycles. The van der Waals surface area contributed by atoms with Crippen LogP contribution in [0.25, 0.3) is 16.8 Å². The SMILES string of the molecule is C=O.CN=C/C=C(\N)c1cc(C)c(-c2ccc(F)c3c2CC[C@H]3Oc2ccc3c(c2)OC[C@H]3CC(=O)O)c(C)c1. The lowest BCUT2D eigenvalue weighted by atomic mass is 9.88. The number of nitrogens with two attached hydrogens (primary N) is 1. The molecule has 8 heteroatoms. The molecule has 1 aliphatic heterocycles. The summed E-state index contributed by atoms with van der Waals surface area (Å²) < 4.78 is 27.2. The van der Waals surface area contributed by atoms with Gasteiger partial charge in [-0.2, -0.15) is 0 Å². The van der Waals surface area contributed by atoms with Crippen molar-refractivity contribution < 1.29 is 28.6 Å². The van der Waals surface area contributed by atoms with Crippen molar-refractivity contribution in [3.05, 3.63) is 87.7 Å². The molecule has 3 aromatic rings. The van der Waals surface area contributed by atoms with Gasteiger partial charge in [0, 0.05) is 42.1 Å². The van der Waals surface area contributed by atoms with Crippen LogP contribution in [0.15, 0.2) is 53.5 Å². The first-order valence-corrected chi connectivity index (χ1v) is 13.0. The number of fused-ring (bicyclic) bond motifs is 2. The molecule has 1 heterocycles. The summed E-state index contributed by atoms with van der Waals surface area (Å²) >= 11 is 0. The molecule has 0 bridgehead atoms. The molecule has 2 aliphatic rings. The number of carbonyl (C=O) groups is 2. The highest BCUT2D eigenvalue weighted by Gasteiger charge is 2.32. The van der Waals surface area contributed by atoms with Gasteiger partial charge in [-0.3, -0.25) is 9.79 Å². The van der Waals surface area contributed by atoms with Crippen molar-refractivity contribution in [1.82, 2.24) is 0 Å². The maximum atomic E-state index is 15.2. The Labute approximate surface area is 233 Å². The number of aryl methyl sites for hydroxylation is 2. The molecule has 3 N–H and O–H groups in total. The lowest BCUT2D eigenvalue weighted by molar-refractivity contribution is -0.137. The van der Waals surface area contributed by atoms with E-state index in [9.17, 15) is 4.79 Å². The van der Waals surface area contributed by atoms with E-state index in [4.69, 9.17) is 25.1 Å². The summed E-state index contributed by atoms with van der Waals surface area (Å²) in [4.78, 5) is 23.1. The van der Waals surface area contributed by atoms with Crippen LogP contribution in [0, 0.1) is 19.7 Å². The third-order valence-corrected chi connectivity index (χ3v) is 7.39. The molecule has 7 nitrogen and oxygen atoms in total. The summed E-state index contributed by atoms with van der Waals surface area (Å²) in [6, 6.07) is 12.9. The molecule has 3 aromatic carbocycles. The Bertz CT molecular complexity index is 1470. The van der Waals surface area contributed by atoms with Gasteiger partial charge in [0.1, 0.15) is 30.2 Å². The second-order valence-electron chi connectivity index (χ2n) is 9.95. The van der Waals surface area contributed by atoms with Crippen LogP contribution >= 0.6 is 0 Å². The van der Waals surface area contributed by atoms with E-state index in [1.807, 2.05) is 38.8 Å². The normalized spacial score (nSPS) is 17.6. The number of ether oxygens (including phenoxy) is 2. The minimum absolute atomic E-state index is 0.0207. The topological polar surface area (TPSA) is 111 Å². The van der Waals surface area contributed by atoms with Crippen molar-refractivity contribution in [2.24, 2.45) is 10.7 Å². The van der Waals surface area contributed by atoms with Crippen molar-refractivity contribution >= 4 is 24.7 Å². The number of halogens is 1. The lowest BCUT2D eigenvalue weighted by Gasteiger charge is -2.19. The summed E-state index contributed by atoms with van der Waals surface area (Å²) in [6.07, 6.45) is 4.40. The minimum atomic E-state index is -0.855. The van der Waals surface area contributed by atoms with Crippen LogP contribution in [-0.4, -0.2) is 37.7 Å². The number of nitrogens with zero attached hydrogens (tertiary/aromatic N) is 1. The highest BCUT2D eigenvalue weighted by Crippen LogP contribution is 2.45. The number of carboxylic acids is 1. The fourth-order valence-electron chi connectivity index (χ4n) is 5.71. The Morgan fingerprint density at radius 1 is 1.20 bits per heavy atom. The number of allylic oxidation sites excluding steroid dienone is 1. The summed E-state index contributed by atoms with van der Waals surface area (Å²) in [5.74, 6) is -0.0926. The molecule has 0 aromatic heterocycles. The second-order valence-corrected chi connectivity index (χ2v) is 9.95. The largest absolute Gasteiger partial charge is 0.492 e. The summed E-state index contributed by atoms with van der Waals surface area (Å²) in [5, 5.41) is 9.14. The van der Waals surface area contributed by atoms with Crippen LogP contribution in [0.1, 0.15) is 58.2 Å². The van der Waals surface area contributed by atoms with E-state index >= 15 is 4.39 Å². The summed E-state index contributed by atoms with van der Waals surface area (Å²) in [6.45, 7) is 6.43. The quantitative estimate of drug-likeness (QED) is 0.356. The standard InChI is InChI=1S/C31H31FN2O4.CH2O/c1-17-12-19(26(33)10-11-34-3)13-18(2)30(17)23-6-8-25(32)31-24(23)7-9-27(31)38-21-4-5-22-20(14-29(35)36)16-37-28(22)15-21;1-2/h4-6,8,10-13,15,20,27H,7,9,14,16,33H2,1-3H3,(H,35,36);1H2/b26-10-,34-11?;/t20-,27-;/m1./s1. The zero-order valence-electron chi connectivity index (χ0n) is 22.9. The van der Waals surface area contributed by atoms with Crippen molar-refractivity contribution in [2.45, 2.75) is 45.1 Å². The number of hydrogen-bond donors (Lipinski definition) is 2. The molecular weight excluding hydrogens is 511 g/mol. The highest BCUT2D eigenvalue weighted by molar-refractivity contribution is 5.85. The lowest BCUT2D eigenvalue weighted by Crippen LogP contribution is -2.07. The molecule has 0 radical (unpaired) electrons. The molecule has 0 spiro atoms. The van der Waals surface area contributed by atoms with E-state index in [0.29, 0.717) is 42.2 Å². The molecule has 5 rings (SSSR count). The van der Waals surface area contributed by atoms with Crippen molar-refractivity contribution in [3.63, 3.8) is 0 Å². The fraction of sp³-hybridized carbons (Fsp3) is 0.281. The van der Waals surface area contributed by atoms with Crippen molar-refractivity contribution in [3.8, 4) is 22.6 Å². The van der Waals surface area contributed by atoms with E-state index < -0.39 is 12.1 Å². The third kappa shape index (κ3) is 5.61. The van der Waals surface area contributed by atoms with E-state index in [1.54, 1.807) is 25.4 Å². The maximum absolute atomic E-state index is 15.2. The van der Waals surface area contributed by atoms with E-state index in [-0.39, 0.29) is 18.2 Å². The van der Waals surface area contributed by atoms with Gasteiger partial charge in [0.05, 0.1) is 13.0 Å². The van der Waals surface area contributed by atoms with Gasteiger partial charge >= 0.3 is 5.97 Å². The van der Waals surface area contributed by atoms with Crippen molar-refractivity contribution in [2.75, 3.05) is 13.7 Å². The molecule has 0 amide bonds. The minimum Gasteiger partial charge on any atom is -0.492 e. The number of aliphatic imine (C=N–C) groups is 1. The molecule has 2 atom stereocenters. The Balaban J connectivity index is 0.00000181. The molecule has 0 unspecified atom stereocenters. The Morgan fingerprint density at radius 3 is 2.60 bits per heavy atom. The fourth-order valence-corrected chi connectivity index (χ4v) is 5.71. The smallest absolute Gasteiger partial charge is 0.304 e. The van der Waals surface area contributed by atoms with Gasteiger partial charge in [-0.15, -0.1) is 0 Å². The predicted octanol–water partition coefficient (Wildman–Crippen LogP) is 5.94. The van der Waals surface area contributed by atoms with Crippen LogP contribution in [0.5, 0.6) is 11.5 Å². The second kappa shape index (κ2) is 12.2. The zero-order chi connectivity index (χ0) is 29.0. The van der Waals surface area contributed by atoms with E-state index in [0.717, 1.165) is 38.9 Å². The first-order valence-electron chi connectivity index (χ1n) is 13.0. The highest BCUT2D eigenvalue weighted by atomic mass is 19.1. The molecule has 0 saturated heterocycles. The van der Waals surface area contributed by atoms with Gasteiger partial charge in [0.2, 0.25) is 0 Å². The summed E-state index contributed by atoms with van der Waals surface area (Å²) in [5.41, 5.74) is 14.5. The van der Waals surface area contributed by atoms with Gasteiger partial charge in [-0.05, 0) is 90.4 Å². The van der Waals surface area contributed by atoms with Gasteiger partial charge < -0.3 is 25.1 Å². The van der Waals surface area contributed by atoms with Crippen LogP contribution in [0.2, 0.25) is 0 Å². The van der Waals surface area contributed by atoms with Crippen LogP contribution in [0.4, 0.5) is 4.39 Å². The molecular formula is C32H33FN2O5. The average molecular weight is 545 g/mol. The van der Waals surface area contributed by atoms with Crippen LogP contribution < -0.4 is 15.2 Å². The van der Waals surface area contributed by atoms with Crippen LogP contribution in [-0.2, 0) is 16.0 Å². The first kappa shape index (κ1) is 28.5. The predicted molar refractivity (Wildman–Crippen MR) is 154 cm³/mol. The van der Waals surface area contributed by atoms with E-state index in [2.05, 4.69) is 17.1 Å². The van der Waals surface area contributed by atoms with E-state index in [1.165, 1.54) is 6.07 Å². The molecule has 0 saturated carbocycles. The number of carbonyl (C=O) groups excluding carboxylic acids is 1. The van der Waals surface area contributed by atoms with Gasteiger partial charge in [-0.1, -0.05) is 12.1 Å². The summed E-state index contributed by atoms with van der Waals surface area (Å²) in [7, 11) is 1.70. The average Bonchev–Trinajstić information content (AvgIpc) is 3.53. The third-order valence-electron chi connectivity index (χ3n) is 7.39. The van der Waals surface area contributed by atoms with Gasteiger partial charge in [-0.25, -0.2) is 4.39 Å². The number of hydrogen-bond acceptors (Lipinski definition) is 6. The Kier molecular flexibility index (Phi) is 8.67. The van der Waals surface area contributed by atoms with Gasteiger partial charge in [0.25, 0.3) is 0 Å². The Hall–Kier alpha value is -4.46. The van der Waals surface area contributed by atoms with Crippen molar-refractivity contribution in [1.29, 1.82) is 0 Å². The molecule has 40 heavy (non-hydrogen) atoms. The monoisotopic (exact) mass is 544 g/mol. The van der Waals surface area contributed by atoms with Gasteiger partial charge in [0.15, 0.2) is 0 Å². The number of aliphatic carboxylic acids is 1. The van der Waals surface area contributed by atoms with Crippen LogP contribution in [0.3, 0.4) is 0 Å². The molecule has 0 fully saturated rings. The number of rotatable bonds is 7. The maximum Gasteiger partial charge on any atom is 0.304 e.